The highest BCUT2D eigenvalue weighted by molar-refractivity contribution is 5.77. The minimum absolute atomic E-state index is 0.0393. The van der Waals surface area contributed by atoms with Crippen LogP contribution in [-0.4, -0.2) is 41.4 Å². The average Bonchev–Trinajstić information content (AvgIpc) is 2.38. The van der Waals surface area contributed by atoms with Gasteiger partial charge in [0.1, 0.15) is 12.4 Å². The second-order valence-corrected chi connectivity index (χ2v) is 3.87. The van der Waals surface area contributed by atoms with E-state index in [1.807, 2.05) is 0 Å². The zero-order valence-corrected chi connectivity index (χ0v) is 10.0. The van der Waals surface area contributed by atoms with Crippen molar-refractivity contribution in [2.45, 2.75) is 18.6 Å². The molecule has 0 aliphatic carbocycles. The van der Waals surface area contributed by atoms with Crippen molar-refractivity contribution in [2.24, 2.45) is 5.73 Å². The molecule has 0 aromatic heterocycles. The number of aliphatic hydroxyl groups excluding tert-OH is 2. The summed E-state index contributed by atoms with van der Waals surface area (Å²) in [5.41, 5.74) is 5.56. The lowest BCUT2D eigenvalue weighted by Gasteiger charge is -2.20. The Balaban J connectivity index is 3.17. The van der Waals surface area contributed by atoms with Gasteiger partial charge in [-0.05, 0) is 25.1 Å². The summed E-state index contributed by atoms with van der Waals surface area (Å²) in [6.45, 7) is 0.198. The predicted molar refractivity (Wildman–Crippen MR) is 64.7 cm³/mol. The van der Waals surface area contributed by atoms with Gasteiger partial charge in [0.15, 0.2) is 11.5 Å². The number of aldehydes is 1. The standard InChI is InChI=1S/C12H17NO5/c1-18-10-5-7(6-14)4-8(12(10)17)11(16)9(15)2-3-13/h4-6,9,11,15-17H,2-3,13H2,1H3. The highest BCUT2D eigenvalue weighted by atomic mass is 16.5. The Morgan fingerprint density at radius 3 is 2.61 bits per heavy atom. The van der Waals surface area contributed by atoms with E-state index >= 15 is 0 Å². The van der Waals surface area contributed by atoms with Crippen molar-refractivity contribution in [3.8, 4) is 11.5 Å². The fourth-order valence-corrected chi connectivity index (χ4v) is 1.64. The van der Waals surface area contributed by atoms with Gasteiger partial charge in [0.05, 0.1) is 13.2 Å². The fraction of sp³-hybridized carbons (Fsp3) is 0.417. The van der Waals surface area contributed by atoms with Crippen LogP contribution in [0.25, 0.3) is 0 Å². The van der Waals surface area contributed by atoms with Gasteiger partial charge in [-0.2, -0.15) is 0 Å². The second kappa shape index (κ2) is 6.34. The Bertz CT molecular complexity index is 421. The van der Waals surface area contributed by atoms with E-state index in [9.17, 15) is 20.1 Å². The van der Waals surface area contributed by atoms with E-state index in [4.69, 9.17) is 10.5 Å². The number of carbonyl (C=O) groups excluding carboxylic acids is 1. The summed E-state index contributed by atoms with van der Waals surface area (Å²) in [6.07, 6.45) is -1.71. The van der Waals surface area contributed by atoms with E-state index < -0.39 is 12.2 Å². The number of phenols is 1. The molecule has 0 bridgehead atoms. The number of hydrogen-bond acceptors (Lipinski definition) is 6. The van der Waals surface area contributed by atoms with E-state index in [-0.39, 0.29) is 35.6 Å². The monoisotopic (exact) mass is 255 g/mol. The molecule has 6 heteroatoms. The molecule has 100 valence electrons. The third kappa shape index (κ3) is 2.98. The number of ether oxygens (including phenoxy) is 1. The first kappa shape index (κ1) is 14.4. The van der Waals surface area contributed by atoms with Crippen LogP contribution in [0.1, 0.15) is 28.4 Å². The van der Waals surface area contributed by atoms with E-state index in [0.717, 1.165) is 0 Å². The zero-order valence-electron chi connectivity index (χ0n) is 10.0. The van der Waals surface area contributed by atoms with Crippen LogP contribution in [0.5, 0.6) is 11.5 Å². The molecule has 0 aliphatic heterocycles. The van der Waals surface area contributed by atoms with Gasteiger partial charge < -0.3 is 25.8 Å². The smallest absolute Gasteiger partial charge is 0.163 e. The summed E-state index contributed by atoms with van der Waals surface area (Å²) in [6, 6.07) is 2.64. The normalized spacial score (nSPS) is 14.0. The van der Waals surface area contributed by atoms with E-state index in [2.05, 4.69) is 0 Å². The number of rotatable bonds is 6. The van der Waals surface area contributed by atoms with Crippen molar-refractivity contribution in [3.63, 3.8) is 0 Å². The van der Waals surface area contributed by atoms with Gasteiger partial charge in [-0.15, -0.1) is 0 Å². The van der Waals surface area contributed by atoms with Crippen LogP contribution < -0.4 is 10.5 Å². The molecule has 0 aliphatic rings. The highest BCUT2D eigenvalue weighted by Crippen LogP contribution is 2.36. The van der Waals surface area contributed by atoms with Crippen molar-refractivity contribution in [1.29, 1.82) is 0 Å². The molecule has 2 unspecified atom stereocenters. The third-order valence-electron chi connectivity index (χ3n) is 2.63. The van der Waals surface area contributed by atoms with Gasteiger partial charge in [-0.1, -0.05) is 0 Å². The molecule has 1 rings (SSSR count). The molecule has 0 saturated heterocycles. The molecular formula is C12H17NO5. The second-order valence-electron chi connectivity index (χ2n) is 3.87. The third-order valence-corrected chi connectivity index (χ3v) is 2.63. The Morgan fingerprint density at radius 1 is 1.44 bits per heavy atom. The van der Waals surface area contributed by atoms with E-state index in [1.165, 1.54) is 19.2 Å². The minimum Gasteiger partial charge on any atom is -0.504 e. The molecule has 0 spiro atoms. The van der Waals surface area contributed by atoms with E-state index in [1.54, 1.807) is 0 Å². The SMILES string of the molecule is COc1cc(C=O)cc(C(O)C(O)CCN)c1O. The maximum atomic E-state index is 10.8. The molecule has 0 heterocycles. The molecule has 0 amide bonds. The fourth-order valence-electron chi connectivity index (χ4n) is 1.64. The molecule has 1 aromatic carbocycles. The molecule has 0 radical (unpaired) electrons. The van der Waals surface area contributed by atoms with Crippen LogP contribution in [0, 0.1) is 0 Å². The lowest BCUT2D eigenvalue weighted by atomic mass is 9.98. The van der Waals surface area contributed by atoms with Crippen molar-refractivity contribution in [1.82, 2.24) is 0 Å². The Labute approximate surface area is 105 Å². The lowest BCUT2D eigenvalue weighted by Crippen LogP contribution is -2.22. The number of aromatic hydroxyl groups is 1. The molecule has 18 heavy (non-hydrogen) atoms. The number of aliphatic hydroxyl groups is 2. The minimum atomic E-state index is -1.33. The van der Waals surface area contributed by atoms with Crippen LogP contribution in [0.15, 0.2) is 12.1 Å². The molecule has 0 fully saturated rings. The molecule has 2 atom stereocenters. The highest BCUT2D eigenvalue weighted by Gasteiger charge is 2.23. The van der Waals surface area contributed by atoms with Crippen molar-refractivity contribution >= 4 is 6.29 Å². The Morgan fingerprint density at radius 2 is 2.11 bits per heavy atom. The summed E-state index contributed by atoms with van der Waals surface area (Å²) < 4.78 is 4.89. The van der Waals surface area contributed by atoms with Gasteiger partial charge in [0, 0.05) is 11.1 Å². The largest absolute Gasteiger partial charge is 0.504 e. The van der Waals surface area contributed by atoms with Crippen molar-refractivity contribution < 1.29 is 24.9 Å². The van der Waals surface area contributed by atoms with Crippen LogP contribution in [-0.2, 0) is 0 Å². The lowest BCUT2D eigenvalue weighted by molar-refractivity contribution is 0.0135. The first-order valence-corrected chi connectivity index (χ1v) is 5.47. The molecule has 1 aromatic rings. The number of nitrogens with two attached hydrogens (primary N) is 1. The maximum Gasteiger partial charge on any atom is 0.163 e. The first-order chi connectivity index (χ1) is 8.54. The van der Waals surface area contributed by atoms with Gasteiger partial charge in [-0.3, -0.25) is 4.79 Å². The summed E-state index contributed by atoms with van der Waals surface area (Å²) >= 11 is 0. The van der Waals surface area contributed by atoms with Crippen molar-refractivity contribution in [3.05, 3.63) is 23.3 Å². The van der Waals surface area contributed by atoms with Gasteiger partial charge in [0.25, 0.3) is 0 Å². The molecule has 6 nitrogen and oxygen atoms in total. The Hall–Kier alpha value is -1.63. The number of hydrogen-bond donors (Lipinski definition) is 4. The summed E-state index contributed by atoms with van der Waals surface area (Å²) in [5, 5.41) is 29.4. The maximum absolute atomic E-state index is 10.8. The molecule has 5 N–H and O–H groups in total. The zero-order chi connectivity index (χ0) is 13.7. The van der Waals surface area contributed by atoms with Crippen LogP contribution in [0.2, 0.25) is 0 Å². The number of methoxy groups -OCH3 is 1. The van der Waals surface area contributed by atoms with Gasteiger partial charge in [0.2, 0.25) is 0 Å². The quantitative estimate of drug-likeness (QED) is 0.530. The number of benzene rings is 1. The Kier molecular flexibility index (Phi) is 5.08. The first-order valence-electron chi connectivity index (χ1n) is 5.47. The number of carbonyl (C=O) groups is 1. The van der Waals surface area contributed by atoms with Crippen LogP contribution in [0.3, 0.4) is 0 Å². The van der Waals surface area contributed by atoms with Crippen molar-refractivity contribution in [2.75, 3.05) is 13.7 Å². The molecule has 0 saturated carbocycles. The molecular weight excluding hydrogens is 238 g/mol. The van der Waals surface area contributed by atoms with Gasteiger partial charge >= 0.3 is 0 Å². The average molecular weight is 255 g/mol. The van der Waals surface area contributed by atoms with Gasteiger partial charge in [-0.25, -0.2) is 0 Å². The van der Waals surface area contributed by atoms with Crippen LogP contribution >= 0.6 is 0 Å². The summed E-state index contributed by atoms with van der Waals surface area (Å²) in [7, 11) is 1.33. The number of phenolic OH excluding ortho intramolecular Hbond substituents is 1. The van der Waals surface area contributed by atoms with E-state index in [0.29, 0.717) is 6.29 Å². The predicted octanol–water partition coefficient (Wildman–Crippen LogP) is -0.0436. The summed E-state index contributed by atoms with van der Waals surface area (Å²) in [4.78, 5) is 10.8. The summed E-state index contributed by atoms with van der Waals surface area (Å²) in [5.74, 6) is -0.236. The van der Waals surface area contributed by atoms with Crippen LogP contribution in [0.4, 0.5) is 0 Å². The topological polar surface area (TPSA) is 113 Å².